The predicted octanol–water partition coefficient (Wildman–Crippen LogP) is 5.21. The van der Waals surface area contributed by atoms with Gasteiger partial charge in [0.2, 0.25) is 0 Å². The zero-order chi connectivity index (χ0) is 23.7. The van der Waals surface area contributed by atoms with Crippen molar-refractivity contribution in [3.63, 3.8) is 0 Å². The van der Waals surface area contributed by atoms with Crippen LogP contribution < -0.4 is 10.2 Å². The average molecular weight is 475 g/mol. The van der Waals surface area contributed by atoms with E-state index in [0.29, 0.717) is 24.8 Å². The summed E-state index contributed by atoms with van der Waals surface area (Å²) >= 11 is 11.8. The number of esters is 2. The Labute approximate surface area is 196 Å². The number of halogens is 2. The summed E-state index contributed by atoms with van der Waals surface area (Å²) in [5, 5.41) is 3.20. The summed E-state index contributed by atoms with van der Waals surface area (Å²) in [5.74, 6) is 0.243. The van der Waals surface area contributed by atoms with Gasteiger partial charge >= 0.3 is 11.9 Å². The first-order valence-electron chi connectivity index (χ1n) is 10.5. The molecule has 1 unspecified atom stereocenters. The highest BCUT2D eigenvalue weighted by molar-refractivity contribution is 6.18. The highest BCUT2D eigenvalue weighted by Crippen LogP contribution is 2.21. The van der Waals surface area contributed by atoms with Gasteiger partial charge in [-0.3, -0.25) is 4.79 Å². The smallest absolute Gasteiger partial charge is 0.329 e. The lowest BCUT2D eigenvalue weighted by atomic mass is 10.1. The van der Waals surface area contributed by atoms with Crippen molar-refractivity contribution >= 4 is 46.5 Å². The third kappa shape index (κ3) is 11.5. The molecule has 0 saturated carbocycles. The SMILES string of the molecule is CC(C)(C)OC(=O)CCC(Nc1ccc(N(CCCl)CCCl)cc1)C(=O)OC(C)(C)C. The summed E-state index contributed by atoms with van der Waals surface area (Å²) < 4.78 is 10.9. The molecule has 1 N–H and O–H groups in total. The largest absolute Gasteiger partial charge is 0.460 e. The van der Waals surface area contributed by atoms with Gasteiger partial charge in [-0.05, 0) is 72.2 Å². The fourth-order valence-corrected chi connectivity index (χ4v) is 3.23. The van der Waals surface area contributed by atoms with Gasteiger partial charge in [-0.15, -0.1) is 23.2 Å². The van der Waals surface area contributed by atoms with E-state index in [4.69, 9.17) is 32.7 Å². The number of carbonyl (C=O) groups is 2. The number of alkyl halides is 2. The molecule has 0 amide bonds. The van der Waals surface area contributed by atoms with Crippen LogP contribution in [-0.4, -0.2) is 54.0 Å². The molecule has 1 atom stereocenters. The molecule has 0 bridgehead atoms. The van der Waals surface area contributed by atoms with E-state index in [0.717, 1.165) is 11.4 Å². The lowest BCUT2D eigenvalue weighted by Crippen LogP contribution is -2.37. The second-order valence-corrected chi connectivity index (χ2v) is 10.0. The predicted molar refractivity (Wildman–Crippen MR) is 128 cm³/mol. The first-order chi connectivity index (χ1) is 14.3. The van der Waals surface area contributed by atoms with Crippen molar-refractivity contribution in [1.29, 1.82) is 0 Å². The van der Waals surface area contributed by atoms with Gasteiger partial charge in [0.15, 0.2) is 0 Å². The zero-order valence-electron chi connectivity index (χ0n) is 19.5. The highest BCUT2D eigenvalue weighted by Gasteiger charge is 2.27. The Hall–Kier alpha value is -1.66. The molecule has 176 valence electrons. The summed E-state index contributed by atoms with van der Waals surface area (Å²) in [5.41, 5.74) is 0.547. The Balaban J connectivity index is 2.90. The van der Waals surface area contributed by atoms with Crippen LogP contribution in [0.15, 0.2) is 24.3 Å². The number of benzene rings is 1. The number of nitrogens with one attached hydrogen (secondary N) is 1. The Morgan fingerprint density at radius 3 is 1.90 bits per heavy atom. The molecule has 0 aliphatic heterocycles. The van der Waals surface area contributed by atoms with Gasteiger partial charge in [-0.2, -0.15) is 0 Å². The number of carbonyl (C=O) groups excluding carboxylic acids is 2. The minimum atomic E-state index is -0.681. The molecular formula is C23H36Cl2N2O4. The number of nitrogens with zero attached hydrogens (tertiary/aromatic N) is 1. The lowest BCUT2D eigenvalue weighted by Gasteiger charge is -2.26. The molecule has 0 fully saturated rings. The van der Waals surface area contributed by atoms with Crippen LogP contribution >= 0.6 is 23.2 Å². The van der Waals surface area contributed by atoms with Crippen LogP contribution in [0.2, 0.25) is 0 Å². The fourth-order valence-electron chi connectivity index (χ4n) is 2.82. The molecule has 6 nitrogen and oxygen atoms in total. The van der Waals surface area contributed by atoms with E-state index >= 15 is 0 Å². The average Bonchev–Trinajstić information content (AvgIpc) is 2.62. The van der Waals surface area contributed by atoms with Crippen LogP contribution in [0.1, 0.15) is 54.4 Å². The quantitative estimate of drug-likeness (QED) is 0.350. The Morgan fingerprint density at radius 2 is 1.45 bits per heavy atom. The van der Waals surface area contributed by atoms with Gasteiger partial charge in [0.1, 0.15) is 17.2 Å². The van der Waals surface area contributed by atoms with E-state index in [-0.39, 0.29) is 18.8 Å². The van der Waals surface area contributed by atoms with Crippen molar-refractivity contribution < 1.29 is 19.1 Å². The maximum absolute atomic E-state index is 12.7. The minimum Gasteiger partial charge on any atom is -0.460 e. The molecule has 0 radical (unpaired) electrons. The summed E-state index contributed by atoms with van der Waals surface area (Å²) in [6, 6.07) is 6.98. The molecule has 1 aromatic carbocycles. The molecule has 31 heavy (non-hydrogen) atoms. The maximum Gasteiger partial charge on any atom is 0.329 e. The molecular weight excluding hydrogens is 439 g/mol. The molecule has 0 aliphatic carbocycles. The number of anilines is 2. The number of ether oxygens (including phenoxy) is 2. The highest BCUT2D eigenvalue weighted by atomic mass is 35.5. The van der Waals surface area contributed by atoms with Gasteiger partial charge in [0.25, 0.3) is 0 Å². The van der Waals surface area contributed by atoms with Gasteiger partial charge in [0, 0.05) is 42.6 Å². The third-order valence-corrected chi connectivity index (χ3v) is 4.37. The van der Waals surface area contributed by atoms with E-state index in [1.54, 1.807) is 0 Å². The summed E-state index contributed by atoms with van der Waals surface area (Å²) in [4.78, 5) is 27.0. The van der Waals surface area contributed by atoms with Crippen LogP contribution in [0.4, 0.5) is 11.4 Å². The summed E-state index contributed by atoms with van der Waals surface area (Å²) in [6.07, 6.45) is 0.363. The van der Waals surface area contributed by atoms with Gasteiger partial charge in [0.05, 0.1) is 0 Å². The number of rotatable bonds is 11. The maximum atomic E-state index is 12.7. The topological polar surface area (TPSA) is 67.9 Å². The van der Waals surface area contributed by atoms with E-state index in [1.807, 2.05) is 65.8 Å². The van der Waals surface area contributed by atoms with Crippen molar-refractivity contribution in [2.45, 2.75) is 71.6 Å². The van der Waals surface area contributed by atoms with Crippen molar-refractivity contribution in [1.82, 2.24) is 0 Å². The summed E-state index contributed by atoms with van der Waals surface area (Å²) in [7, 11) is 0. The zero-order valence-corrected chi connectivity index (χ0v) is 21.0. The van der Waals surface area contributed by atoms with Gasteiger partial charge in [-0.25, -0.2) is 4.79 Å². The lowest BCUT2D eigenvalue weighted by molar-refractivity contribution is -0.157. The van der Waals surface area contributed by atoms with Crippen molar-refractivity contribution in [3.05, 3.63) is 24.3 Å². The third-order valence-electron chi connectivity index (χ3n) is 4.03. The second kappa shape index (κ2) is 12.4. The molecule has 8 heteroatoms. The summed E-state index contributed by atoms with van der Waals surface area (Å²) in [6.45, 7) is 12.3. The Bertz CT molecular complexity index is 691. The standard InChI is InChI=1S/C23H36Cl2N2O4/c1-22(2,3)30-20(28)12-11-19(21(29)31-23(4,5)6)26-17-7-9-18(10-8-17)27(15-13-24)16-14-25/h7-10,19,26H,11-16H2,1-6H3. The second-order valence-electron chi connectivity index (χ2n) is 9.27. The van der Waals surface area contributed by atoms with Crippen molar-refractivity contribution in [2.75, 3.05) is 35.1 Å². The van der Waals surface area contributed by atoms with Crippen LogP contribution in [0.25, 0.3) is 0 Å². The Morgan fingerprint density at radius 1 is 0.935 bits per heavy atom. The van der Waals surface area contributed by atoms with Gasteiger partial charge < -0.3 is 19.7 Å². The van der Waals surface area contributed by atoms with E-state index in [2.05, 4.69) is 10.2 Å². The normalized spacial score (nSPS) is 12.8. The molecule has 0 aliphatic rings. The minimum absolute atomic E-state index is 0.103. The first kappa shape index (κ1) is 27.4. The first-order valence-corrected chi connectivity index (χ1v) is 11.6. The van der Waals surface area contributed by atoms with Crippen LogP contribution in [0.5, 0.6) is 0 Å². The van der Waals surface area contributed by atoms with Crippen LogP contribution in [0.3, 0.4) is 0 Å². The molecule has 0 spiro atoms. The molecule has 0 aromatic heterocycles. The molecule has 0 heterocycles. The van der Waals surface area contributed by atoms with Gasteiger partial charge in [-0.1, -0.05) is 0 Å². The number of hydrogen-bond donors (Lipinski definition) is 1. The van der Waals surface area contributed by atoms with Crippen molar-refractivity contribution in [2.24, 2.45) is 0 Å². The van der Waals surface area contributed by atoms with Crippen molar-refractivity contribution in [3.8, 4) is 0 Å². The van der Waals surface area contributed by atoms with Crippen LogP contribution in [-0.2, 0) is 19.1 Å². The monoisotopic (exact) mass is 474 g/mol. The molecule has 1 aromatic rings. The molecule has 0 saturated heterocycles. The molecule has 1 rings (SSSR count). The number of hydrogen-bond acceptors (Lipinski definition) is 6. The van der Waals surface area contributed by atoms with E-state index in [9.17, 15) is 9.59 Å². The Kier molecular flexibility index (Phi) is 10.9. The fraction of sp³-hybridized carbons (Fsp3) is 0.652. The van der Waals surface area contributed by atoms with Crippen LogP contribution in [0, 0.1) is 0 Å². The van der Waals surface area contributed by atoms with E-state index < -0.39 is 23.2 Å². The van der Waals surface area contributed by atoms with E-state index in [1.165, 1.54) is 0 Å².